The van der Waals surface area contributed by atoms with Crippen LogP contribution in [0.2, 0.25) is 10.0 Å². The van der Waals surface area contributed by atoms with Gasteiger partial charge in [0.1, 0.15) is 4.21 Å². The summed E-state index contributed by atoms with van der Waals surface area (Å²) in [6, 6.07) is 5.90. The maximum Gasteiger partial charge on any atom is 0.271 e. The minimum Gasteiger partial charge on any atom is -0.392 e. The lowest BCUT2D eigenvalue weighted by Crippen LogP contribution is -2.11. The number of rotatable bonds is 4. The Morgan fingerprint density at radius 3 is 2.58 bits per heavy atom. The number of halogens is 2. The Bertz CT molecular complexity index is 698. The standard InChI is InChI=1S/C11H9Cl2NO3S2/c12-8-1-2-10(9(13)4-8)14-19(16,17)11-3-7(5-15)6-18-11/h1-4,6,14-15H,5H2. The highest BCUT2D eigenvalue weighted by molar-refractivity contribution is 7.94. The first-order valence-corrected chi connectivity index (χ1v) is 8.20. The zero-order valence-electron chi connectivity index (χ0n) is 9.43. The smallest absolute Gasteiger partial charge is 0.271 e. The number of nitrogens with one attached hydrogen (secondary N) is 1. The Morgan fingerprint density at radius 2 is 2.00 bits per heavy atom. The van der Waals surface area contributed by atoms with Crippen LogP contribution >= 0.6 is 34.5 Å². The number of hydrogen-bond acceptors (Lipinski definition) is 4. The Labute approximate surface area is 124 Å². The Kier molecular flexibility index (Phi) is 4.37. The van der Waals surface area contributed by atoms with Gasteiger partial charge in [0, 0.05) is 5.02 Å². The zero-order valence-corrected chi connectivity index (χ0v) is 12.6. The molecule has 1 aromatic carbocycles. The molecule has 0 aliphatic carbocycles. The lowest BCUT2D eigenvalue weighted by atomic mass is 10.3. The van der Waals surface area contributed by atoms with Gasteiger partial charge >= 0.3 is 0 Å². The predicted molar refractivity (Wildman–Crippen MR) is 77.5 cm³/mol. The number of sulfonamides is 1. The monoisotopic (exact) mass is 337 g/mol. The molecular weight excluding hydrogens is 329 g/mol. The summed E-state index contributed by atoms with van der Waals surface area (Å²) in [5.41, 5.74) is 0.803. The molecule has 1 heterocycles. The van der Waals surface area contributed by atoms with Crippen molar-refractivity contribution in [3.8, 4) is 0 Å². The first-order chi connectivity index (χ1) is 8.92. The van der Waals surface area contributed by atoms with E-state index in [1.807, 2.05) is 0 Å². The van der Waals surface area contributed by atoms with Crippen LogP contribution in [0.15, 0.2) is 33.9 Å². The van der Waals surface area contributed by atoms with E-state index in [1.165, 1.54) is 18.2 Å². The number of aliphatic hydroxyl groups is 1. The average molecular weight is 338 g/mol. The molecule has 0 saturated heterocycles. The van der Waals surface area contributed by atoms with Gasteiger partial charge in [0.05, 0.1) is 17.3 Å². The van der Waals surface area contributed by atoms with Crippen molar-refractivity contribution in [1.29, 1.82) is 0 Å². The minimum atomic E-state index is -3.71. The van der Waals surface area contributed by atoms with E-state index in [2.05, 4.69) is 4.72 Å². The molecule has 2 rings (SSSR count). The zero-order chi connectivity index (χ0) is 14.0. The second kappa shape index (κ2) is 5.68. The fourth-order valence-corrected chi connectivity index (χ4v) is 4.14. The molecule has 0 aliphatic rings. The van der Waals surface area contributed by atoms with Gasteiger partial charge in [0.25, 0.3) is 10.0 Å². The van der Waals surface area contributed by atoms with Crippen molar-refractivity contribution in [1.82, 2.24) is 0 Å². The topological polar surface area (TPSA) is 66.4 Å². The van der Waals surface area contributed by atoms with Gasteiger partial charge in [-0.2, -0.15) is 0 Å². The summed E-state index contributed by atoms with van der Waals surface area (Å²) >= 11 is 12.7. The molecule has 0 amide bonds. The van der Waals surface area contributed by atoms with E-state index in [4.69, 9.17) is 28.3 Å². The van der Waals surface area contributed by atoms with E-state index in [0.29, 0.717) is 10.6 Å². The summed E-state index contributed by atoms with van der Waals surface area (Å²) in [5, 5.41) is 11.2. The summed E-state index contributed by atoms with van der Waals surface area (Å²) in [5.74, 6) is 0. The molecule has 2 N–H and O–H groups in total. The second-order valence-electron chi connectivity index (χ2n) is 3.66. The molecule has 0 aliphatic heterocycles. The van der Waals surface area contributed by atoms with Crippen LogP contribution in [0.4, 0.5) is 5.69 Å². The van der Waals surface area contributed by atoms with Crippen LogP contribution in [0.25, 0.3) is 0 Å². The summed E-state index contributed by atoms with van der Waals surface area (Å²) in [6.45, 7) is -0.201. The third-order valence-electron chi connectivity index (χ3n) is 2.25. The summed E-state index contributed by atoms with van der Waals surface area (Å²) in [7, 11) is -3.71. The average Bonchev–Trinajstić information content (AvgIpc) is 2.82. The van der Waals surface area contributed by atoms with Gasteiger partial charge in [-0.15, -0.1) is 11.3 Å². The lowest BCUT2D eigenvalue weighted by molar-refractivity contribution is 0.282. The summed E-state index contributed by atoms with van der Waals surface area (Å²) < 4.78 is 26.7. The number of hydrogen-bond donors (Lipinski definition) is 2. The van der Waals surface area contributed by atoms with E-state index < -0.39 is 10.0 Å². The van der Waals surface area contributed by atoms with Crippen LogP contribution in [0, 0.1) is 0 Å². The molecule has 102 valence electrons. The van der Waals surface area contributed by atoms with Crippen LogP contribution in [-0.4, -0.2) is 13.5 Å². The first kappa shape index (κ1) is 14.6. The molecule has 2 aromatic rings. The predicted octanol–water partition coefficient (Wildman–Crippen LogP) is 3.35. The van der Waals surface area contributed by atoms with Crippen molar-refractivity contribution in [3.63, 3.8) is 0 Å². The molecule has 0 bridgehead atoms. The van der Waals surface area contributed by atoms with Crippen molar-refractivity contribution >= 4 is 50.2 Å². The largest absolute Gasteiger partial charge is 0.392 e. The van der Waals surface area contributed by atoms with Crippen LogP contribution in [0.1, 0.15) is 5.56 Å². The van der Waals surface area contributed by atoms with E-state index >= 15 is 0 Å². The third-order valence-corrected chi connectivity index (χ3v) is 5.65. The minimum absolute atomic E-state index is 0.113. The third kappa shape index (κ3) is 3.40. The number of aliphatic hydroxyl groups excluding tert-OH is 1. The van der Waals surface area contributed by atoms with Gasteiger partial charge < -0.3 is 5.11 Å². The van der Waals surface area contributed by atoms with Gasteiger partial charge in [-0.25, -0.2) is 8.42 Å². The quantitative estimate of drug-likeness (QED) is 0.898. The molecule has 1 aromatic heterocycles. The fourth-order valence-electron chi connectivity index (χ4n) is 1.34. The van der Waals surface area contributed by atoms with Crippen molar-refractivity contribution < 1.29 is 13.5 Å². The molecular formula is C11H9Cl2NO3S2. The Morgan fingerprint density at radius 1 is 1.26 bits per heavy atom. The van der Waals surface area contributed by atoms with Crippen molar-refractivity contribution in [2.45, 2.75) is 10.8 Å². The van der Waals surface area contributed by atoms with Crippen molar-refractivity contribution in [3.05, 3.63) is 45.3 Å². The molecule has 4 nitrogen and oxygen atoms in total. The van der Waals surface area contributed by atoms with Gasteiger partial charge in [-0.05, 0) is 35.2 Å². The van der Waals surface area contributed by atoms with Crippen molar-refractivity contribution in [2.24, 2.45) is 0 Å². The van der Waals surface area contributed by atoms with E-state index in [-0.39, 0.29) is 21.5 Å². The van der Waals surface area contributed by atoms with Gasteiger partial charge in [-0.1, -0.05) is 23.2 Å². The molecule has 0 unspecified atom stereocenters. The Balaban J connectivity index is 2.30. The molecule has 8 heteroatoms. The highest BCUT2D eigenvalue weighted by Gasteiger charge is 2.18. The molecule has 0 radical (unpaired) electrons. The molecule has 0 spiro atoms. The summed E-state index contributed by atoms with van der Waals surface area (Å²) in [4.78, 5) is 0. The Hall–Kier alpha value is -0.790. The highest BCUT2D eigenvalue weighted by Crippen LogP contribution is 2.29. The van der Waals surface area contributed by atoms with Crippen LogP contribution in [0.3, 0.4) is 0 Å². The van der Waals surface area contributed by atoms with Crippen LogP contribution < -0.4 is 4.72 Å². The summed E-state index contributed by atoms with van der Waals surface area (Å²) in [6.07, 6.45) is 0. The van der Waals surface area contributed by atoms with Gasteiger partial charge in [0.15, 0.2) is 0 Å². The number of benzene rings is 1. The number of anilines is 1. The lowest BCUT2D eigenvalue weighted by Gasteiger charge is -2.08. The fraction of sp³-hybridized carbons (Fsp3) is 0.0909. The van der Waals surface area contributed by atoms with Gasteiger partial charge in [-0.3, -0.25) is 4.72 Å². The number of thiophene rings is 1. The van der Waals surface area contributed by atoms with Crippen molar-refractivity contribution in [2.75, 3.05) is 4.72 Å². The van der Waals surface area contributed by atoms with Crippen LogP contribution in [-0.2, 0) is 16.6 Å². The normalized spacial score (nSPS) is 11.5. The molecule has 0 atom stereocenters. The maximum absolute atomic E-state index is 12.1. The van der Waals surface area contributed by atoms with Gasteiger partial charge in [0.2, 0.25) is 0 Å². The highest BCUT2D eigenvalue weighted by atomic mass is 35.5. The first-order valence-electron chi connectivity index (χ1n) is 5.08. The molecule has 0 fully saturated rings. The van der Waals surface area contributed by atoms with E-state index in [9.17, 15) is 8.42 Å². The second-order valence-corrected chi connectivity index (χ2v) is 7.33. The SMILES string of the molecule is O=S(=O)(Nc1ccc(Cl)cc1Cl)c1cc(CO)cs1. The molecule has 0 saturated carbocycles. The van der Waals surface area contributed by atoms with Crippen LogP contribution in [0.5, 0.6) is 0 Å². The van der Waals surface area contributed by atoms with E-state index in [0.717, 1.165) is 11.3 Å². The maximum atomic E-state index is 12.1. The molecule has 19 heavy (non-hydrogen) atoms. The van der Waals surface area contributed by atoms with E-state index in [1.54, 1.807) is 11.4 Å².